The molecule has 92 valence electrons. The molecule has 0 spiro atoms. The third-order valence-corrected chi connectivity index (χ3v) is 3.22. The topological polar surface area (TPSA) is 50.7 Å². The van der Waals surface area contributed by atoms with Crippen LogP contribution < -0.4 is 5.69 Å². The maximum atomic E-state index is 12.3. The molecule has 0 amide bonds. The molecule has 0 saturated heterocycles. The van der Waals surface area contributed by atoms with Gasteiger partial charge in [0.25, 0.3) is 0 Å². The van der Waals surface area contributed by atoms with Gasteiger partial charge in [-0.3, -0.25) is 9.13 Å². The number of nitriles is 1. The Morgan fingerprint density at radius 1 is 1.00 bits per heavy atom. The molecular weight excluding hydrogens is 238 g/mol. The lowest BCUT2D eigenvalue weighted by Crippen LogP contribution is -2.20. The van der Waals surface area contributed by atoms with Crippen molar-refractivity contribution in [2.45, 2.75) is 0 Å². The van der Waals surface area contributed by atoms with E-state index in [9.17, 15) is 4.79 Å². The van der Waals surface area contributed by atoms with Crippen molar-refractivity contribution >= 4 is 11.0 Å². The van der Waals surface area contributed by atoms with Crippen molar-refractivity contribution in [2.24, 2.45) is 7.05 Å². The van der Waals surface area contributed by atoms with Gasteiger partial charge in [-0.15, -0.1) is 0 Å². The fourth-order valence-electron chi connectivity index (χ4n) is 2.23. The van der Waals surface area contributed by atoms with Crippen LogP contribution in [0.2, 0.25) is 0 Å². The molecule has 19 heavy (non-hydrogen) atoms. The zero-order valence-electron chi connectivity index (χ0n) is 10.4. The molecule has 0 aliphatic rings. The van der Waals surface area contributed by atoms with Crippen LogP contribution in [0.3, 0.4) is 0 Å². The van der Waals surface area contributed by atoms with Crippen molar-refractivity contribution < 1.29 is 0 Å². The Morgan fingerprint density at radius 3 is 2.26 bits per heavy atom. The molecule has 4 nitrogen and oxygen atoms in total. The first-order valence-electron chi connectivity index (χ1n) is 5.89. The summed E-state index contributed by atoms with van der Waals surface area (Å²) in [7, 11) is 1.75. The molecule has 0 radical (unpaired) electrons. The monoisotopic (exact) mass is 249 g/mol. The van der Waals surface area contributed by atoms with E-state index in [1.807, 2.05) is 24.3 Å². The van der Waals surface area contributed by atoms with E-state index in [0.29, 0.717) is 5.56 Å². The second-order valence-corrected chi connectivity index (χ2v) is 4.32. The number of para-hydroxylation sites is 2. The quantitative estimate of drug-likeness (QED) is 0.664. The van der Waals surface area contributed by atoms with Crippen LogP contribution in [0.5, 0.6) is 0 Å². The lowest BCUT2D eigenvalue weighted by Gasteiger charge is -2.02. The summed E-state index contributed by atoms with van der Waals surface area (Å²) in [5, 5.41) is 8.81. The summed E-state index contributed by atoms with van der Waals surface area (Å²) in [6, 6.07) is 16.7. The van der Waals surface area contributed by atoms with Gasteiger partial charge >= 0.3 is 5.69 Å². The molecule has 3 aromatic rings. The van der Waals surface area contributed by atoms with Gasteiger partial charge in [0.15, 0.2) is 0 Å². The molecule has 0 unspecified atom stereocenters. The van der Waals surface area contributed by atoms with Crippen molar-refractivity contribution in [3.05, 3.63) is 64.6 Å². The zero-order chi connectivity index (χ0) is 13.4. The van der Waals surface area contributed by atoms with Crippen LogP contribution in [0.15, 0.2) is 53.3 Å². The summed E-state index contributed by atoms with van der Waals surface area (Å²) in [6.07, 6.45) is 0. The van der Waals surface area contributed by atoms with Crippen LogP contribution in [0.1, 0.15) is 5.56 Å². The van der Waals surface area contributed by atoms with E-state index in [4.69, 9.17) is 5.26 Å². The minimum Gasteiger partial charge on any atom is -0.295 e. The van der Waals surface area contributed by atoms with E-state index in [1.54, 1.807) is 40.4 Å². The average Bonchev–Trinajstić information content (AvgIpc) is 2.72. The van der Waals surface area contributed by atoms with Crippen molar-refractivity contribution in [1.29, 1.82) is 5.26 Å². The molecule has 0 N–H and O–H groups in total. The smallest absolute Gasteiger partial charge is 0.295 e. The average molecular weight is 249 g/mol. The Balaban J connectivity index is 2.33. The standard InChI is InChI=1S/C15H11N3O/c1-17-13-4-2-3-5-14(13)18(15(17)19)12-8-6-11(10-16)7-9-12/h2-9H,1H3. The van der Waals surface area contributed by atoms with E-state index >= 15 is 0 Å². The van der Waals surface area contributed by atoms with Gasteiger partial charge in [-0.25, -0.2) is 4.79 Å². The Bertz CT molecular complexity index is 848. The van der Waals surface area contributed by atoms with Gasteiger partial charge in [0.05, 0.1) is 28.4 Å². The van der Waals surface area contributed by atoms with Gasteiger partial charge in [-0.1, -0.05) is 12.1 Å². The Labute approximate surface area is 109 Å². The van der Waals surface area contributed by atoms with Crippen LogP contribution >= 0.6 is 0 Å². The van der Waals surface area contributed by atoms with E-state index in [0.717, 1.165) is 16.7 Å². The second kappa shape index (κ2) is 4.14. The largest absolute Gasteiger partial charge is 0.333 e. The van der Waals surface area contributed by atoms with Gasteiger partial charge in [0, 0.05) is 7.05 Å². The highest BCUT2D eigenvalue weighted by atomic mass is 16.1. The number of nitrogens with zero attached hydrogens (tertiary/aromatic N) is 3. The third kappa shape index (κ3) is 1.64. The number of aromatic nitrogens is 2. The van der Waals surface area contributed by atoms with Crippen LogP contribution in [0.25, 0.3) is 16.7 Å². The Kier molecular flexibility index (Phi) is 2.46. The third-order valence-electron chi connectivity index (χ3n) is 3.22. The first-order chi connectivity index (χ1) is 9.22. The van der Waals surface area contributed by atoms with Gasteiger partial charge < -0.3 is 0 Å². The SMILES string of the molecule is Cn1c(=O)n(-c2ccc(C#N)cc2)c2ccccc21. The molecule has 0 atom stereocenters. The lowest BCUT2D eigenvalue weighted by atomic mass is 10.2. The van der Waals surface area contributed by atoms with Gasteiger partial charge in [0.2, 0.25) is 0 Å². The highest BCUT2D eigenvalue weighted by Gasteiger charge is 2.11. The predicted molar refractivity (Wildman–Crippen MR) is 73.2 cm³/mol. The van der Waals surface area contributed by atoms with Gasteiger partial charge in [-0.2, -0.15) is 5.26 Å². The molecule has 1 aromatic heterocycles. The Hall–Kier alpha value is -2.80. The van der Waals surface area contributed by atoms with E-state index in [2.05, 4.69) is 6.07 Å². The van der Waals surface area contributed by atoms with Gasteiger partial charge in [-0.05, 0) is 36.4 Å². The predicted octanol–water partition coefficient (Wildman–Crippen LogP) is 2.20. The molecule has 2 aromatic carbocycles. The highest BCUT2D eigenvalue weighted by molar-refractivity contribution is 5.78. The van der Waals surface area contributed by atoms with Crippen LogP contribution in [0, 0.1) is 11.3 Å². The first-order valence-corrected chi connectivity index (χ1v) is 5.89. The fraction of sp³-hybridized carbons (Fsp3) is 0.0667. The van der Waals surface area contributed by atoms with E-state index in [1.165, 1.54) is 0 Å². The number of hydrogen-bond donors (Lipinski definition) is 0. The molecule has 1 heterocycles. The molecule has 0 fully saturated rings. The summed E-state index contributed by atoms with van der Waals surface area (Å²) in [5.41, 5.74) is 3.00. The van der Waals surface area contributed by atoms with Crippen LogP contribution in [-0.4, -0.2) is 9.13 Å². The normalized spacial score (nSPS) is 10.5. The molecule has 0 aliphatic heterocycles. The summed E-state index contributed by atoms with van der Waals surface area (Å²) >= 11 is 0. The van der Waals surface area contributed by atoms with E-state index in [-0.39, 0.29) is 5.69 Å². The molecule has 0 saturated carbocycles. The number of fused-ring (bicyclic) bond motifs is 1. The molecule has 4 heteroatoms. The van der Waals surface area contributed by atoms with Crippen LogP contribution in [-0.2, 0) is 7.05 Å². The maximum Gasteiger partial charge on any atom is 0.333 e. The van der Waals surface area contributed by atoms with E-state index < -0.39 is 0 Å². The summed E-state index contributed by atoms with van der Waals surface area (Å²) in [5.74, 6) is 0. The minimum atomic E-state index is -0.0918. The highest BCUT2D eigenvalue weighted by Crippen LogP contribution is 2.16. The van der Waals surface area contributed by atoms with Gasteiger partial charge in [0.1, 0.15) is 0 Å². The number of hydrogen-bond acceptors (Lipinski definition) is 2. The number of rotatable bonds is 1. The second-order valence-electron chi connectivity index (χ2n) is 4.32. The number of imidazole rings is 1. The minimum absolute atomic E-state index is 0.0918. The molecule has 3 rings (SSSR count). The summed E-state index contributed by atoms with van der Waals surface area (Å²) < 4.78 is 3.27. The molecule has 0 bridgehead atoms. The maximum absolute atomic E-state index is 12.3. The summed E-state index contributed by atoms with van der Waals surface area (Å²) in [6.45, 7) is 0. The summed E-state index contributed by atoms with van der Waals surface area (Å²) in [4.78, 5) is 12.3. The van der Waals surface area contributed by atoms with Crippen LogP contribution in [0.4, 0.5) is 0 Å². The van der Waals surface area contributed by atoms with Crippen molar-refractivity contribution in [2.75, 3.05) is 0 Å². The first kappa shape index (κ1) is 11.3. The fourth-order valence-corrected chi connectivity index (χ4v) is 2.23. The number of aryl methyl sites for hydroxylation is 1. The van der Waals surface area contributed by atoms with Crippen molar-refractivity contribution in [1.82, 2.24) is 9.13 Å². The van der Waals surface area contributed by atoms with Crippen molar-refractivity contribution in [3.8, 4) is 11.8 Å². The Morgan fingerprint density at radius 2 is 1.63 bits per heavy atom. The zero-order valence-corrected chi connectivity index (χ0v) is 10.4. The molecular formula is C15H11N3O. The lowest BCUT2D eigenvalue weighted by molar-refractivity contribution is 0.846. The molecule has 0 aliphatic carbocycles. The van der Waals surface area contributed by atoms with Crippen molar-refractivity contribution in [3.63, 3.8) is 0 Å². The number of benzene rings is 2.